The van der Waals surface area contributed by atoms with Crippen LogP contribution in [-0.2, 0) is 26.1 Å². The van der Waals surface area contributed by atoms with Gasteiger partial charge in [-0.05, 0) is 64.4 Å². The van der Waals surface area contributed by atoms with Crippen LogP contribution in [0.15, 0.2) is 53.4 Å². The Bertz CT molecular complexity index is 1120. The summed E-state index contributed by atoms with van der Waals surface area (Å²) in [6.45, 7) is 9.89. The minimum absolute atomic E-state index is 0.0532. The first-order chi connectivity index (χ1) is 16.3. The van der Waals surface area contributed by atoms with Gasteiger partial charge in [-0.25, -0.2) is 9.59 Å². The summed E-state index contributed by atoms with van der Waals surface area (Å²) < 4.78 is 41.7. The average Bonchev–Trinajstić information content (AvgIpc) is 2.75. The summed E-state index contributed by atoms with van der Waals surface area (Å²) in [6.07, 6.45) is -0.410. The van der Waals surface area contributed by atoms with Crippen molar-refractivity contribution >= 4 is 22.1 Å². The van der Waals surface area contributed by atoms with Gasteiger partial charge in [-0.15, -0.1) is 0 Å². The standard InChI is InChI=1S/C25H34N2O7S/c1-18(2)33-23(28)21-12-7-8-13-22(21)35(30,31)34-20-11-9-10-19(16-20)17-27(14-15-32-6)24(29)26-25(3,4)5/h7-13,16,18H,14-15,17H2,1-6H3,(H,26,29). The summed E-state index contributed by atoms with van der Waals surface area (Å²) in [4.78, 5) is 26.4. The Hall–Kier alpha value is -3.11. The zero-order chi connectivity index (χ0) is 26.2. The van der Waals surface area contributed by atoms with Crippen molar-refractivity contribution in [2.45, 2.75) is 57.7 Å². The van der Waals surface area contributed by atoms with Crippen molar-refractivity contribution in [3.8, 4) is 5.75 Å². The summed E-state index contributed by atoms with van der Waals surface area (Å²) in [7, 11) is -2.79. The van der Waals surface area contributed by atoms with Gasteiger partial charge in [0.15, 0.2) is 0 Å². The highest BCUT2D eigenvalue weighted by molar-refractivity contribution is 7.87. The molecule has 0 spiro atoms. The fourth-order valence-electron chi connectivity index (χ4n) is 3.07. The first kappa shape index (κ1) is 28.1. The zero-order valence-electron chi connectivity index (χ0n) is 21.0. The molecular weight excluding hydrogens is 472 g/mol. The van der Waals surface area contributed by atoms with Crippen LogP contribution in [0.3, 0.4) is 0 Å². The predicted molar refractivity (Wildman–Crippen MR) is 132 cm³/mol. The van der Waals surface area contributed by atoms with E-state index in [0.717, 1.165) is 0 Å². The van der Waals surface area contributed by atoms with Gasteiger partial charge in [0, 0.05) is 25.7 Å². The van der Waals surface area contributed by atoms with Crippen molar-refractivity contribution < 1.29 is 31.7 Å². The molecule has 192 valence electrons. The van der Waals surface area contributed by atoms with Crippen molar-refractivity contribution in [3.63, 3.8) is 0 Å². The maximum atomic E-state index is 13.0. The smallest absolute Gasteiger partial charge is 0.340 e. The molecule has 0 saturated heterocycles. The molecule has 0 heterocycles. The van der Waals surface area contributed by atoms with Gasteiger partial charge < -0.3 is 23.9 Å². The molecule has 0 radical (unpaired) electrons. The second-order valence-electron chi connectivity index (χ2n) is 9.23. The summed E-state index contributed by atoms with van der Waals surface area (Å²) >= 11 is 0. The number of hydrogen-bond donors (Lipinski definition) is 1. The largest absolute Gasteiger partial charge is 0.459 e. The van der Waals surface area contributed by atoms with Crippen LogP contribution in [0.1, 0.15) is 50.5 Å². The van der Waals surface area contributed by atoms with E-state index in [-0.39, 0.29) is 28.8 Å². The highest BCUT2D eigenvalue weighted by atomic mass is 32.2. The Morgan fingerprint density at radius 3 is 2.37 bits per heavy atom. The fraction of sp³-hybridized carbons (Fsp3) is 0.440. The number of amides is 2. The highest BCUT2D eigenvalue weighted by Crippen LogP contribution is 2.24. The van der Waals surface area contributed by atoms with Crippen LogP contribution in [0.2, 0.25) is 0 Å². The second kappa shape index (κ2) is 12.0. The molecule has 10 heteroatoms. The van der Waals surface area contributed by atoms with E-state index in [0.29, 0.717) is 18.7 Å². The number of urea groups is 1. The maximum absolute atomic E-state index is 13.0. The quantitative estimate of drug-likeness (QED) is 0.383. The van der Waals surface area contributed by atoms with E-state index in [1.165, 1.54) is 30.3 Å². The monoisotopic (exact) mass is 506 g/mol. The molecule has 2 rings (SSSR count). The zero-order valence-corrected chi connectivity index (χ0v) is 21.8. The van der Waals surface area contributed by atoms with Gasteiger partial charge in [0.25, 0.3) is 0 Å². The number of nitrogens with one attached hydrogen (secondary N) is 1. The summed E-state index contributed by atoms with van der Waals surface area (Å²) in [6, 6.07) is 11.9. The number of benzene rings is 2. The van der Waals surface area contributed by atoms with E-state index >= 15 is 0 Å². The number of carbonyl (C=O) groups is 2. The lowest BCUT2D eigenvalue weighted by Crippen LogP contribution is -2.49. The van der Waals surface area contributed by atoms with Gasteiger partial charge >= 0.3 is 22.1 Å². The number of hydrogen-bond acceptors (Lipinski definition) is 7. The Labute approximate surface area is 207 Å². The molecule has 0 fully saturated rings. The van der Waals surface area contributed by atoms with Gasteiger partial charge in [0.05, 0.1) is 18.3 Å². The molecule has 2 amide bonds. The Morgan fingerprint density at radius 1 is 1.06 bits per heavy atom. The molecule has 0 bridgehead atoms. The number of ether oxygens (including phenoxy) is 2. The first-order valence-corrected chi connectivity index (χ1v) is 12.6. The number of nitrogens with zero attached hydrogens (tertiary/aromatic N) is 1. The highest BCUT2D eigenvalue weighted by Gasteiger charge is 2.26. The SMILES string of the molecule is COCCN(Cc1cccc(OS(=O)(=O)c2ccccc2C(=O)OC(C)C)c1)C(=O)NC(C)(C)C. The molecule has 2 aromatic rings. The Balaban J connectivity index is 2.27. The summed E-state index contributed by atoms with van der Waals surface area (Å²) in [5, 5.41) is 2.91. The van der Waals surface area contributed by atoms with E-state index in [9.17, 15) is 18.0 Å². The van der Waals surface area contributed by atoms with Crippen molar-refractivity contribution in [1.82, 2.24) is 10.2 Å². The van der Waals surface area contributed by atoms with Crippen LogP contribution in [0, 0.1) is 0 Å². The first-order valence-electron chi connectivity index (χ1n) is 11.2. The number of esters is 1. The lowest BCUT2D eigenvalue weighted by atomic mass is 10.1. The summed E-state index contributed by atoms with van der Waals surface area (Å²) in [5.41, 5.74) is 0.123. The maximum Gasteiger partial charge on any atom is 0.340 e. The van der Waals surface area contributed by atoms with Crippen molar-refractivity contribution in [2.24, 2.45) is 0 Å². The number of methoxy groups -OCH3 is 1. The molecule has 1 N–H and O–H groups in total. The molecule has 0 aliphatic heterocycles. The van der Waals surface area contributed by atoms with E-state index < -0.39 is 27.7 Å². The second-order valence-corrected chi connectivity index (χ2v) is 10.7. The topological polar surface area (TPSA) is 111 Å². The molecule has 2 aromatic carbocycles. The number of carbonyl (C=O) groups excluding carboxylic acids is 2. The molecule has 0 aliphatic rings. The van der Waals surface area contributed by atoms with Gasteiger partial charge in [-0.1, -0.05) is 24.3 Å². The average molecular weight is 507 g/mol. The number of rotatable bonds is 10. The summed E-state index contributed by atoms with van der Waals surface area (Å²) in [5.74, 6) is -0.701. The van der Waals surface area contributed by atoms with Crippen molar-refractivity contribution in [3.05, 3.63) is 59.7 Å². The van der Waals surface area contributed by atoms with Gasteiger partial charge in [0.1, 0.15) is 10.6 Å². The minimum Gasteiger partial charge on any atom is -0.459 e. The normalized spacial score (nSPS) is 11.7. The van der Waals surface area contributed by atoms with E-state index in [1.54, 1.807) is 44.1 Å². The van der Waals surface area contributed by atoms with Crippen molar-refractivity contribution in [2.75, 3.05) is 20.3 Å². The lowest BCUT2D eigenvalue weighted by molar-refractivity contribution is 0.0373. The molecule has 0 unspecified atom stereocenters. The Kier molecular flexibility index (Phi) is 9.67. The molecule has 0 aromatic heterocycles. The molecule has 35 heavy (non-hydrogen) atoms. The van der Waals surface area contributed by atoms with Gasteiger partial charge in [-0.3, -0.25) is 0 Å². The molecule has 0 atom stereocenters. The van der Waals surface area contributed by atoms with Crippen LogP contribution >= 0.6 is 0 Å². The van der Waals surface area contributed by atoms with Gasteiger partial charge in [0.2, 0.25) is 0 Å². The lowest BCUT2D eigenvalue weighted by Gasteiger charge is -2.28. The molecule has 0 saturated carbocycles. The van der Waals surface area contributed by atoms with Crippen LogP contribution < -0.4 is 9.50 Å². The van der Waals surface area contributed by atoms with Crippen LogP contribution in [-0.4, -0.2) is 57.2 Å². The molecular formula is C25H34N2O7S. The minimum atomic E-state index is -4.34. The Morgan fingerprint density at radius 2 is 1.74 bits per heavy atom. The van der Waals surface area contributed by atoms with E-state index in [2.05, 4.69) is 5.32 Å². The predicted octanol–water partition coefficient (Wildman–Crippen LogP) is 3.98. The van der Waals surface area contributed by atoms with Crippen LogP contribution in [0.25, 0.3) is 0 Å². The van der Waals surface area contributed by atoms with Crippen LogP contribution in [0.4, 0.5) is 4.79 Å². The van der Waals surface area contributed by atoms with E-state index in [4.69, 9.17) is 13.7 Å². The molecule has 0 aliphatic carbocycles. The van der Waals surface area contributed by atoms with Gasteiger partial charge in [-0.2, -0.15) is 8.42 Å². The third-order valence-electron chi connectivity index (χ3n) is 4.53. The third-order valence-corrected chi connectivity index (χ3v) is 5.84. The van der Waals surface area contributed by atoms with Crippen LogP contribution in [0.5, 0.6) is 5.75 Å². The molecule has 9 nitrogen and oxygen atoms in total. The third kappa shape index (κ3) is 8.88. The fourth-order valence-corrected chi connectivity index (χ4v) is 4.18. The van der Waals surface area contributed by atoms with Crippen molar-refractivity contribution in [1.29, 1.82) is 0 Å². The van der Waals surface area contributed by atoms with E-state index in [1.807, 2.05) is 20.8 Å².